The van der Waals surface area contributed by atoms with E-state index in [4.69, 9.17) is 0 Å². The standard InChI is InChI=1S/C15H23N3OS/c1-10(2)8-18-12(13-16-11(3)9-20-13)17-15(14(18)19)6-4-5-7-15/h9-10,12,17H,4-8H2,1-3H3. The molecule has 110 valence electrons. The molecule has 4 nitrogen and oxygen atoms in total. The van der Waals surface area contributed by atoms with Crippen LogP contribution >= 0.6 is 11.3 Å². The zero-order valence-corrected chi connectivity index (χ0v) is 13.3. The molecule has 3 rings (SSSR count). The third kappa shape index (κ3) is 2.27. The zero-order valence-electron chi connectivity index (χ0n) is 12.5. The average Bonchev–Trinajstić information content (AvgIpc) is 3.07. The first kappa shape index (κ1) is 14.0. The van der Waals surface area contributed by atoms with Gasteiger partial charge in [-0.05, 0) is 25.7 Å². The molecule has 1 unspecified atom stereocenters. The van der Waals surface area contributed by atoms with Gasteiger partial charge in [-0.25, -0.2) is 4.98 Å². The molecule has 1 aliphatic heterocycles. The van der Waals surface area contributed by atoms with Crippen LogP contribution in [0.5, 0.6) is 0 Å². The fourth-order valence-electron chi connectivity index (χ4n) is 3.40. The van der Waals surface area contributed by atoms with Crippen LogP contribution in [0.4, 0.5) is 0 Å². The molecule has 2 aliphatic rings. The summed E-state index contributed by atoms with van der Waals surface area (Å²) in [5.41, 5.74) is 0.732. The van der Waals surface area contributed by atoms with Gasteiger partial charge >= 0.3 is 0 Å². The lowest BCUT2D eigenvalue weighted by atomic mass is 9.98. The summed E-state index contributed by atoms with van der Waals surface area (Å²) in [5, 5.41) is 6.72. The second kappa shape index (κ2) is 5.11. The molecule has 2 heterocycles. The van der Waals surface area contributed by atoms with Gasteiger partial charge in [-0.15, -0.1) is 11.3 Å². The van der Waals surface area contributed by atoms with Crippen LogP contribution in [-0.4, -0.2) is 27.9 Å². The molecule has 5 heteroatoms. The van der Waals surface area contributed by atoms with Crippen LogP contribution in [0, 0.1) is 12.8 Å². The van der Waals surface area contributed by atoms with Crippen molar-refractivity contribution >= 4 is 17.2 Å². The van der Waals surface area contributed by atoms with Crippen molar-refractivity contribution < 1.29 is 4.79 Å². The highest BCUT2D eigenvalue weighted by molar-refractivity contribution is 7.09. The van der Waals surface area contributed by atoms with Gasteiger partial charge < -0.3 is 4.90 Å². The van der Waals surface area contributed by atoms with E-state index in [0.717, 1.165) is 42.9 Å². The van der Waals surface area contributed by atoms with Crippen molar-refractivity contribution in [2.75, 3.05) is 6.54 Å². The Balaban J connectivity index is 1.92. The number of carbonyl (C=O) groups excluding carboxylic acids is 1. The first-order valence-electron chi connectivity index (χ1n) is 7.53. The van der Waals surface area contributed by atoms with Crippen molar-refractivity contribution in [1.82, 2.24) is 15.2 Å². The molecule has 1 saturated heterocycles. The van der Waals surface area contributed by atoms with Gasteiger partial charge in [0.05, 0.1) is 5.54 Å². The number of amides is 1. The Morgan fingerprint density at radius 2 is 2.20 bits per heavy atom. The molecule has 2 fully saturated rings. The van der Waals surface area contributed by atoms with Crippen LogP contribution in [0.15, 0.2) is 5.38 Å². The normalized spacial score (nSPS) is 25.3. The molecule has 1 amide bonds. The quantitative estimate of drug-likeness (QED) is 0.932. The zero-order chi connectivity index (χ0) is 14.3. The van der Waals surface area contributed by atoms with Gasteiger partial charge in [-0.1, -0.05) is 26.7 Å². The van der Waals surface area contributed by atoms with E-state index in [2.05, 4.69) is 29.5 Å². The summed E-state index contributed by atoms with van der Waals surface area (Å²) in [7, 11) is 0. The highest BCUT2D eigenvalue weighted by atomic mass is 32.1. The minimum atomic E-state index is -0.306. The van der Waals surface area contributed by atoms with E-state index in [-0.39, 0.29) is 11.7 Å². The van der Waals surface area contributed by atoms with Crippen LogP contribution in [0.1, 0.15) is 56.4 Å². The van der Waals surface area contributed by atoms with Gasteiger partial charge in [0, 0.05) is 17.6 Å². The molecule has 0 bridgehead atoms. The third-order valence-corrected chi connectivity index (χ3v) is 5.30. The van der Waals surface area contributed by atoms with E-state index in [0.29, 0.717) is 11.8 Å². The highest BCUT2D eigenvalue weighted by Gasteiger charge is 2.53. The molecule has 1 aliphatic carbocycles. The van der Waals surface area contributed by atoms with E-state index in [1.807, 2.05) is 11.8 Å². The summed E-state index contributed by atoms with van der Waals surface area (Å²) in [6, 6.07) is 0. The van der Waals surface area contributed by atoms with E-state index >= 15 is 0 Å². The predicted molar refractivity (Wildman–Crippen MR) is 80.5 cm³/mol. The number of hydrogen-bond donors (Lipinski definition) is 1. The number of carbonyl (C=O) groups is 1. The van der Waals surface area contributed by atoms with Crippen LogP contribution in [0.2, 0.25) is 0 Å². The fraction of sp³-hybridized carbons (Fsp3) is 0.733. The summed E-state index contributed by atoms with van der Waals surface area (Å²) in [4.78, 5) is 19.5. The molecule has 1 aromatic rings. The number of aryl methyl sites for hydroxylation is 1. The number of nitrogens with one attached hydrogen (secondary N) is 1. The number of hydrogen-bond acceptors (Lipinski definition) is 4. The van der Waals surface area contributed by atoms with E-state index < -0.39 is 0 Å². The lowest BCUT2D eigenvalue weighted by Crippen LogP contribution is -2.44. The summed E-state index contributed by atoms with van der Waals surface area (Å²) in [5.74, 6) is 0.766. The largest absolute Gasteiger partial charge is 0.319 e. The second-order valence-corrected chi connectivity index (χ2v) is 7.40. The second-order valence-electron chi connectivity index (χ2n) is 6.51. The number of thiazole rings is 1. The first-order valence-corrected chi connectivity index (χ1v) is 8.40. The maximum atomic E-state index is 12.9. The van der Waals surface area contributed by atoms with Crippen molar-refractivity contribution in [2.45, 2.75) is 58.2 Å². The Morgan fingerprint density at radius 3 is 2.75 bits per heavy atom. The lowest BCUT2D eigenvalue weighted by molar-refractivity contribution is -0.133. The number of rotatable bonds is 3. The Labute approximate surface area is 124 Å². The molecule has 1 N–H and O–H groups in total. The first-order chi connectivity index (χ1) is 9.52. The minimum absolute atomic E-state index is 0.0262. The molecule has 1 aromatic heterocycles. The van der Waals surface area contributed by atoms with Crippen LogP contribution in [0.25, 0.3) is 0 Å². The molecular formula is C15H23N3OS. The maximum absolute atomic E-state index is 12.9. The number of nitrogens with zero attached hydrogens (tertiary/aromatic N) is 2. The van der Waals surface area contributed by atoms with Crippen molar-refractivity contribution in [3.8, 4) is 0 Å². The lowest BCUT2D eigenvalue weighted by Gasteiger charge is -2.24. The maximum Gasteiger partial charge on any atom is 0.244 e. The molecule has 0 radical (unpaired) electrons. The van der Waals surface area contributed by atoms with Crippen molar-refractivity contribution in [3.63, 3.8) is 0 Å². The van der Waals surface area contributed by atoms with Crippen LogP contribution in [-0.2, 0) is 4.79 Å². The molecule has 1 spiro atoms. The summed E-state index contributed by atoms with van der Waals surface area (Å²) in [6.45, 7) is 7.14. The van der Waals surface area contributed by atoms with Crippen LogP contribution in [0.3, 0.4) is 0 Å². The van der Waals surface area contributed by atoms with E-state index in [9.17, 15) is 4.79 Å². The highest BCUT2D eigenvalue weighted by Crippen LogP contribution is 2.41. The van der Waals surface area contributed by atoms with Gasteiger partial charge in [0.1, 0.15) is 11.2 Å². The van der Waals surface area contributed by atoms with Crippen molar-refractivity contribution in [3.05, 3.63) is 16.1 Å². The topological polar surface area (TPSA) is 45.2 Å². The van der Waals surface area contributed by atoms with Gasteiger partial charge in [0.15, 0.2) is 0 Å². The Kier molecular flexibility index (Phi) is 3.58. The predicted octanol–water partition coefficient (Wildman–Crippen LogP) is 2.85. The smallest absolute Gasteiger partial charge is 0.244 e. The summed E-state index contributed by atoms with van der Waals surface area (Å²) in [6.07, 6.45) is 4.22. The van der Waals surface area contributed by atoms with Crippen molar-refractivity contribution in [1.29, 1.82) is 0 Å². The van der Waals surface area contributed by atoms with Gasteiger partial charge in [0.25, 0.3) is 0 Å². The Hall–Kier alpha value is -0.940. The van der Waals surface area contributed by atoms with Crippen molar-refractivity contribution in [2.24, 2.45) is 5.92 Å². The molecule has 1 atom stereocenters. The van der Waals surface area contributed by atoms with E-state index in [1.54, 1.807) is 11.3 Å². The molecule has 0 aromatic carbocycles. The van der Waals surface area contributed by atoms with Gasteiger partial charge in [0.2, 0.25) is 5.91 Å². The Morgan fingerprint density at radius 1 is 1.50 bits per heavy atom. The summed E-state index contributed by atoms with van der Waals surface area (Å²) < 4.78 is 0. The minimum Gasteiger partial charge on any atom is -0.319 e. The SMILES string of the molecule is Cc1csc(C2NC3(CCCC3)C(=O)N2CC(C)C)n1. The Bertz CT molecular complexity index is 505. The van der Waals surface area contributed by atoms with E-state index in [1.165, 1.54) is 0 Å². The molecule has 1 saturated carbocycles. The van der Waals surface area contributed by atoms with Crippen LogP contribution < -0.4 is 5.32 Å². The number of aromatic nitrogens is 1. The third-order valence-electron chi connectivity index (χ3n) is 4.28. The average molecular weight is 293 g/mol. The fourth-order valence-corrected chi connectivity index (χ4v) is 4.26. The van der Waals surface area contributed by atoms with Gasteiger partial charge in [-0.3, -0.25) is 10.1 Å². The summed E-state index contributed by atoms with van der Waals surface area (Å²) >= 11 is 1.65. The van der Waals surface area contributed by atoms with Gasteiger partial charge in [-0.2, -0.15) is 0 Å². The monoisotopic (exact) mass is 293 g/mol. The molecule has 20 heavy (non-hydrogen) atoms. The molecular weight excluding hydrogens is 270 g/mol.